The Morgan fingerprint density at radius 3 is 2.09 bits per heavy atom. The van der Waals surface area contributed by atoms with Gasteiger partial charge in [0.1, 0.15) is 0 Å². The Kier molecular flexibility index (Phi) is 5.18. The van der Waals surface area contributed by atoms with E-state index in [-0.39, 0.29) is 5.03 Å². The first-order chi connectivity index (χ1) is 5.02. The molecule has 66 valence electrons. The largest absolute Gasteiger partial charge is 0.101 e. The van der Waals surface area contributed by atoms with E-state index in [0.717, 1.165) is 6.08 Å². The number of nitrogens with zero attached hydrogens (tertiary/aromatic N) is 2. The fourth-order valence-electron chi connectivity index (χ4n) is 0.347. The van der Waals surface area contributed by atoms with Gasteiger partial charge >= 0.3 is 0 Å². The molecule has 0 aliphatic heterocycles. The van der Waals surface area contributed by atoms with Crippen LogP contribution in [0.1, 0.15) is 0 Å². The SMILES string of the molecule is FN(F)C/C=C(\Cl)CN(F)F. The van der Waals surface area contributed by atoms with Crippen LogP contribution in [-0.2, 0) is 0 Å². The average Bonchev–Trinajstić information content (AvgIpc) is 1.82. The molecule has 0 unspecified atom stereocenters. The predicted molar refractivity (Wildman–Crippen MR) is 31.8 cm³/mol. The third-order valence-corrected chi connectivity index (χ3v) is 0.995. The lowest BCUT2D eigenvalue weighted by Crippen LogP contribution is -2.05. The van der Waals surface area contributed by atoms with Gasteiger partial charge in [-0.05, 0) is 6.08 Å². The van der Waals surface area contributed by atoms with Crippen LogP contribution in [0.3, 0.4) is 0 Å². The molecule has 0 bridgehead atoms. The Labute approximate surface area is 65.4 Å². The van der Waals surface area contributed by atoms with Gasteiger partial charge in [-0.1, -0.05) is 11.6 Å². The molecule has 7 heteroatoms. The molecule has 0 aromatic heterocycles. The van der Waals surface area contributed by atoms with E-state index in [1.165, 1.54) is 0 Å². The maximum Gasteiger partial charge on any atom is 0.0974 e. The summed E-state index contributed by atoms with van der Waals surface area (Å²) in [5.41, 5.74) is 0. The third kappa shape index (κ3) is 7.57. The summed E-state index contributed by atoms with van der Waals surface area (Å²) in [6.07, 6.45) is 0.799. The van der Waals surface area contributed by atoms with E-state index < -0.39 is 23.8 Å². The van der Waals surface area contributed by atoms with Crippen molar-refractivity contribution in [3.05, 3.63) is 11.1 Å². The van der Waals surface area contributed by atoms with E-state index in [2.05, 4.69) is 0 Å². The smallest absolute Gasteiger partial charge is 0.0974 e. The van der Waals surface area contributed by atoms with Gasteiger partial charge < -0.3 is 0 Å². The summed E-state index contributed by atoms with van der Waals surface area (Å²) in [5.74, 6) is 0. The van der Waals surface area contributed by atoms with Crippen molar-refractivity contribution in [2.75, 3.05) is 13.1 Å². The second kappa shape index (κ2) is 5.34. The third-order valence-electron chi connectivity index (χ3n) is 0.721. The molecule has 0 aromatic carbocycles. The van der Waals surface area contributed by atoms with Crippen molar-refractivity contribution >= 4 is 11.6 Å². The maximum absolute atomic E-state index is 11.3. The highest BCUT2D eigenvalue weighted by Crippen LogP contribution is 2.05. The fourth-order valence-corrected chi connectivity index (χ4v) is 0.506. The molecule has 0 heterocycles. The molecule has 0 aliphatic rings. The molecule has 0 saturated heterocycles. The van der Waals surface area contributed by atoms with Crippen molar-refractivity contribution in [1.82, 2.24) is 10.7 Å². The Morgan fingerprint density at radius 2 is 1.73 bits per heavy atom. The highest BCUT2D eigenvalue weighted by atomic mass is 35.5. The molecule has 0 rings (SSSR count). The molecule has 0 atom stereocenters. The van der Waals surface area contributed by atoms with Crippen molar-refractivity contribution in [3.63, 3.8) is 0 Å². The zero-order valence-corrected chi connectivity index (χ0v) is 6.03. The first-order valence-corrected chi connectivity index (χ1v) is 2.93. The molecule has 0 saturated carbocycles. The minimum absolute atomic E-state index is 0.324. The molecular formula is C4H5ClF4N2. The summed E-state index contributed by atoms with van der Waals surface area (Å²) < 4.78 is 45.2. The van der Waals surface area contributed by atoms with Crippen molar-refractivity contribution in [2.45, 2.75) is 0 Å². The minimum Gasteiger partial charge on any atom is -0.101 e. The van der Waals surface area contributed by atoms with Gasteiger partial charge in [0, 0.05) is 15.7 Å². The molecule has 0 aliphatic carbocycles. The number of halogens is 5. The zero-order chi connectivity index (χ0) is 8.85. The van der Waals surface area contributed by atoms with Crippen molar-refractivity contribution < 1.29 is 17.9 Å². The quantitative estimate of drug-likeness (QED) is 0.498. The van der Waals surface area contributed by atoms with E-state index >= 15 is 0 Å². The van der Waals surface area contributed by atoms with Gasteiger partial charge in [-0.25, -0.2) is 0 Å². The fraction of sp³-hybridized carbons (Fsp3) is 0.500. The first-order valence-electron chi connectivity index (χ1n) is 2.55. The van der Waals surface area contributed by atoms with E-state index in [9.17, 15) is 17.9 Å². The van der Waals surface area contributed by atoms with Gasteiger partial charge in [-0.2, -0.15) is 0 Å². The van der Waals surface area contributed by atoms with Gasteiger partial charge in [-0.15, -0.1) is 17.9 Å². The van der Waals surface area contributed by atoms with Crippen LogP contribution >= 0.6 is 11.6 Å². The number of hydrogen-bond acceptors (Lipinski definition) is 2. The average molecular weight is 193 g/mol. The van der Waals surface area contributed by atoms with E-state index in [1.54, 1.807) is 0 Å². The summed E-state index contributed by atoms with van der Waals surface area (Å²) in [7, 11) is 0. The Balaban J connectivity index is 3.63. The van der Waals surface area contributed by atoms with Gasteiger partial charge in [0.15, 0.2) is 0 Å². The van der Waals surface area contributed by atoms with Crippen molar-refractivity contribution in [3.8, 4) is 0 Å². The zero-order valence-electron chi connectivity index (χ0n) is 5.28. The lowest BCUT2D eigenvalue weighted by Gasteiger charge is -1.98. The van der Waals surface area contributed by atoms with E-state index in [0.29, 0.717) is 0 Å². The lowest BCUT2D eigenvalue weighted by atomic mass is 10.5. The maximum atomic E-state index is 11.3. The van der Waals surface area contributed by atoms with Crippen LogP contribution in [0.15, 0.2) is 11.1 Å². The summed E-state index contributed by atoms with van der Waals surface area (Å²) in [6, 6.07) is 0. The van der Waals surface area contributed by atoms with Crippen LogP contribution in [0.5, 0.6) is 0 Å². The molecule has 11 heavy (non-hydrogen) atoms. The topological polar surface area (TPSA) is 6.48 Å². The molecule has 0 spiro atoms. The molecule has 0 aromatic rings. The van der Waals surface area contributed by atoms with Crippen LogP contribution in [0.4, 0.5) is 17.9 Å². The standard InChI is InChI=1S/C4H5ClF4N2/c5-4(3-11(8)9)1-2-10(6)7/h1H,2-3H2/b4-1-. The minimum atomic E-state index is -1.19. The van der Waals surface area contributed by atoms with E-state index in [1.807, 2.05) is 0 Å². The molecule has 0 fully saturated rings. The van der Waals surface area contributed by atoms with Crippen LogP contribution < -0.4 is 0 Å². The summed E-state index contributed by atoms with van der Waals surface area (Å²) in [4.78, 5) is 0. The number of hydrogen-bond donors (Lipinski definition) is 0. The number of rotatable bonds is 4. The lowest BCUT2D eigenvalue weighted by molar-refractivity contribution is -0.146. The highest BCUT2D eigenvalue weighted by Gasteiger charge is 2.02. The Hall–Kier alpha value is -0.330. The summed E-state index contributed by atoms with van der Waals surface area (Å²) in [6.45, 7) is -1.60. The first kappa shape index (κ1) is 10.7. The summed E-state index contributed by atoms with van der Waals surface area (Å²) in [5, 5.41) is -2.68. The second-order valence-corrected chi connectivity index (χ2v) is 2.08. The molecule has 0 N–H and O–H groups in total. The van der Waals surface area contributed by atoms with Crippen LogP contribution in [0.25, 0.3) is 0 Å². The molecule has 0 radical (unpaired) electrons. The van der Waals surface area contributed by atoms with Gasteiger partial charge in [0.2, 0.25) is 0 Å². The predicted octanol–water partition coefficient (Wildman–Crippen LogP) is 2.25. The van der Waals surface area contributed by atoms with Crippen LogP contribution in [-0.4, -0.2) is 23.8 Å². The molecule has 0 amide bonds. The monoisotopic (exact) mass is 192 g/mol. The second-order valence-electron chi connectivity index (χ2n) is 1.60. The molecular weight excluding hydrogens is 188 g/mol. The van der Waals surface area contributed by atoms with Gasteiger partial charge in [0.05, 0.1) is 13.1 Å². The Bertz CT molecular complexity index is 138. The van der Waals surface area contributed by atoms with Crippen LogP contribution in [0.2, 0.25) is 0 Å². The van der Waals surface area contributed by atoms with Gasteiger partial charge in [0.25, 0.3) is 0 Å². The normalized spacial score (nSPS) is 13.2. The van der Waals surface area contributed by atoms with Crippen molar-refractivity contribution in [2.24, 2.45) is 0 Å². The Morgan fingerprint density at radius 1 is 1.18 bits per heavy atom. The molecule has 2 nitrogen and oxygen atoms in total. The van der Waals surface area contributed by atoms with E-state index in [4.69, 9.17) is 11.6 Å². The van der Waals surface area contributed by atoms with Gasteiger partial charge in [-0.3, -0.25) is 0 Å². The summed E-state index contributed by atoms with van der Waals surface area (Å²) >= 11 is 5.10. The van der Waals surface area contributed by atoms with Crippen molar-refractivity contribution in [1.29, 1.82) is 0 Å². The van der Waals surface area contributed by atoms with Crippen LogP contribution in [0, 0.1) is 0 Å². The highest BCUT2D eigenvalue weighted by molar-refractivity contribution is 6.29.